The van der Waals surface area contributed by atoms with Crippen molar-refractivity contribution in [2.75, 3.05) is 0 Å². The van der Waals surface area contributed by atoms with Crippen molar-refractivity contribution < 1.29 is 82.0 Å². The van der Waals surface area contributed by atoms with Crippen molar-refractivity contribution in [1.82, 2.24) is 0 Å². The Morgan fingerprint density at radius 2 is 0.433 bits per heavy atom. The third kappa shape index (κ3) is 608. The maximum atomic E-state index is 8.12. The SMILES string of the molecule is C.C.C.N=O.N=O.O.O.O.O=C=O.O=C=O.O=C=O.O=C=O.[C-]#[O+].[C-]#[O+].[C-]#[O+].[C-]#[O+].[H+].[HH].[HH].[HH].[HH].[HH]. The third-order valence-corrected chi connectivity index (χ3v) is 0. The quantitative estimate of drug-likeness (QED) is 0.249. The summed E-state index contributed by atoms with van der Waals surface area (Å²) in [6.45, 7) is 18.0. The Morgan fingerprint density at radius 1 is 0.433 bits per heavy atom. The average Bonchev–Trinajstić information content (AvgIpc) is 2.67. The molecular formula is C11H31N2O17+. The summed E-state index contributed by atoms with van der Waals surface area (Å²) >= 11 is 0. The molecule has 19 heteroatoms. The van der Waals surface area contributed by atoms with Crippen LogP contribution >= 0.6 is 0 Å². The van der Waals surface area contributed by atoms with Crippen LogP contribution in [0, 0.1) is 47.6 Å². The maximum Gasteiger partial charge on any atom is 1.00 e. The Labute approximate surface area is 178 Å². The maximum absolute atomic E-state index is 8.12. The Morgan fingerprint density at radius 3 is 0.433 bits per heavy atom. The second-order valence-corrected chi connectivity index (χ2v) is 0.333. The van der Waals surface area contributed by atoms with Crippen molar-refractivity contribution in [3.8, 4) is 0 Å². The summed E-state index contributed by atoms with van der Waals surface area (Å²) in [6, 6.07) is 0. The molecule has 0 aliphatic carbocycles. The zero-order valence-corrected chi connectivity index (χ0v) is 12.2. The van der Waals surface area contributed by atoms with Gasteiger partial charge < -0.3 is 16.4 Å². The van der Waals surface area contributed by atoms with Gasteiger partial charge in [0.15, 0.2) is 0 Å². The molecule has 0 fully saturated rings. The molecule has 0 amide bonds. The number of hydrogen-bond donors (Lipinski definition) is 2. The Kier molecular flexibility index (Phi) is 396000. The molecule has 30 heavy (non-hydrogen) atoms. The largest absolute Gasteiger partial charge is 1.00 e. The van der Waals surface area contributed by atoms with E-state index in [2.05, 4.69) is 37.8 Å². The van der Waals surface area contributed by atoms with Crippen LogP contribution < -0.4 is 0 Å². The summed E-state index contributed by atoms with van der Waals surface area (Å²) in [4.78, 5) is 80.0. The van der Waals surface area contributed by atoms with Gasteiger partial charge >= 0.3 is 71.2 Å². The van der Waals surface area contributed by atoms with Gasteiger partial charge in [0, 0.05) is 7.13 Å². The Hall–Kier alpha value is -4.44. The smallest absolute Gasteiger partial charge is 0 e. The van der Waals surface area contributed by atoms with E-state index in [1.165, 1.54) is 0 Å². The number of nitrogens with one attached hydrogen (secondary N) is 2. The molecule has 0 saturated heterocycles. The van der Waals surface area contributed by atoms with Crippen LogP contribution in [-0.4, -0.2) is 41.0 Å². The first kappa shape index (κ1) is 169. The summed E-state index contributed by atoms with van der Waals surface area (Å²) in [7, 11) is 0. The number of nitroso groups, excluding NO2 is 2. The van der Waals surface area contributed by atoms with E-state index < -0.39 is 0 Å². The average molecular weight is 463 g/mol. The van der Waals surface area contributed by atoms with Crippen LogP contribution in [0.5, 0.6) is 0 Å². The summed E-state index contributed by atoms with van der Waals surface area (Å²) in [5, 5.41) is 0. The molecule has 0 spiro atoms. The van der Waals surface area contributed by atoms with Crippen LogP contribution in [0.25, 0.3) is 0 Å². The normalized spacial score (nSPS) is 1.60. The molecule has 186 valence electrons. The van der Waals surface area contributed by atoms with E-state index in [0.29, 0.717) is 0 Å². The molecule has 8 N–H and O–H groups in total. The minimum atomic E-state index is 0. The van der Waals surface area contributed by atoms with Gasteiger partial charge in [0.25, 0.3) is 0 Å². The van der Waals surface area contributed by atoms with Gasteiger partial charge in [0.2, 0.25) is 0 Å². The minimum absolute atomic E-state index is 0. The van der Waals surface area contributed by atoms with Crippen LogP contribution in [-0.2, 0) is 57.0 Å². The molecule has 0 aromatic carbocycles. The van der Waals surface area contributed by atoms with E-state index >= 15 is 0 Å². The molecule has 0 saturated carbocycles. The van der Waals surface area contributed by atoms with Crippen molar-refractivity contribution in [2.45, 2.75) is 22.3 Å². The van der Waals surface area contributed by atoms with Crippen molar-refractivity contribution in [3.05, 3.63) is 36.4 Å². The molecule has 0 radical (unpaired) electrons. The van der Waals surface area contributed by atoms with Gasteiger partial charge in [-0.05, 0) is 0 Å². The summed E-state index contributed by atoms with van der Waals surface area (Å²) in [6.07, 6.45) is 1.00. The van der Waals surface area contributed by atoms with Crippen LogP contribution in [0.2, 0.25) is 0 Å². The van der Waals surface area contributed by atoms with Gasteiger partial charge in [0.05, 0.1) is 0 Å². The molecule has 0 atom stereocenters. The Balaban J connectivity index is -0.00000000293. The fourth-order valence-electron chi connectivity index (χ4n) is 0. The van der Waals surface area contributed by atoms with Crippen molar-refractivity contribution in [1.29, 1.82) is 11.2 Å². The molecule has 0 heterocycles. The van der Waals surface area contributed by atoms with E-state index in [1.54, 1.807) is 0 Å². The third-order valence-electron chi connectivity index (χ3n) is 0. The van der Waals surface area contributed by atoms with Crippen molar-refractivity contribution >= 4 is 24.6 Å². The van der Waals surface area contributed by atoms with Crippen molar-refractivity contribution in [2.24, 2.45) is 0 Å². The van der Waals surface area contributed by atoms with Gasteiger partial charge in [-0.15, -0.1) is 0 Å². The molecule has 0 aliphatic heterocycles. The van der Waals surface area contributed by atoms with Gasteiger partial charge in [-0.25, -0.2) is 0 Å². The zero-order chi connectivity index (χ0) is 22.8. The van der Waals surface area contributed by atoms with Gasteiger partial charge in [0.1, 0.15) is 0 Å². The fourth-order valence-corrected chi connectivity index (χ4v) is 0. The van der Waals surface area contributed by atoms with Crippen molar-refractivity contribution in [3.63, 3.8) is 0 Å². The van der Waals surface area contributed by atoms with Crippen LogP contribution in [0.15, 0.2) is 0 Å². The van der Waals surface area contributed by atoms with Gasteiger partial charge in [-0.1, -0.05) is 33.5 Å². The van der Waals surface area contributed by atoms with Gasteiger partial charge in [-0.2, -0.15) is 48.2 Å². The number of rotatable bonds is 0. The van der Waals surface area contributed by atoms with E-state index in [-0.39, 0.29) is 71.9 Å². The molecule has 0 bridgehead atoms. The topological polar surface area (TPSA) is 392 Å². The van der Waals surface area contributed by atoms with E-state index in [1.807, 2.05) is 0 Å². The van der Waals surface area contributed by atoms with E-state index in [0.717, 1.165) is 0 Å². The van der Waals surface area contributed by atoms with Crippen LogP contribution in [0.4, 0.5) is 0 Å². The fraction of sp³-hybridized carbons (Fsp3) is 0.273. The Bertz CT molecular complexity index is 327. The predicted molar refractivity (Wildman–Crippen MR) is 90.6 cm³/mol. The summed E-state index contributed by atoms with van der Waals surface area (Å²) < 4.78 is 30.0. The van der Waals surface area contributed by atoms with Gasteiger partial charge in [-0.3, -0.25) is 0 Å². The zero-order valence-electron chi connectivity index (χ0n) is 13.2. The molecule has 0 aromatic heterocycles. The monoisotopic (exact) mass is 463 g/mol. The molecule has 0 unspecified atom stereocenters. The summed E-state index contributed by atoms with van der Waals surface area (Å²) in [5.41, 5.74) is 9.00. The molecule has 0 rings (SSSR count). The first-order valence-corrected chi connectivity index (χ1v) is 2.86. The predicted octanol–water partition coefficient (Wildman–Crippen LogP) is -1.04. The molecule has 19 nitrogen and oxygen atoms in total. The number of carbonyl (C=O) groups excluding carboxylic acids is 8. The standard InChI is InChI=1S/4CO2.4CO.3CH4.2HNO.3H2O.5H2/c4*2-1-3;4*1-2;;;;2*1-2;;;;;;;;/h;;;;;;;;3*1H4;2*1H;3*1H2;5*1H/p+1. The number of hydrogen-bond acceptors (Lipinski definition) is 12. The van der Waals surface area contributed by atoms with E-state index in [4.69, 9.17) is 66.8 Å². The summed E-state index contributed by atoms with van der Waals surface area (Å²) in [5.74, 6) is 0. The second-order valence-electron chi connectivity index (χ2n) is 0.333. The van der Waals surface area contributed by atoms with Crippen LogP contribution in [0.3, 0.4) is 0 Å². The second kappa shape index (κ2) is 70400. The van der Waals surface area contributed by atoms with Crippen LogP contribution in [0.1, 0.15) is 30.8 Å². The van der Waals surface area contributed by atoms with E-state index in [9.17, 15) is 0 Å². The molecule has 0 aliphatic rings. The minimum Gasteiger partial charge on any atom is 0 e. The first-order valence-electron chi connectivity index (χ1n) is 2.86. The molecular weight excluding hydrogens is 432 g/mol. The first-order chi connectivity index (χ1) is 11.7. The molecule has 0 aromatic rings.